The van der Waals surface area contributed by atoms with E-state index in [0.29, 0.717) is 5.92 Å². The second-order valence-electron chi connectivity index (χ2n) is 6.68. The van der Waals surface area contributed by atoms with Gasteiger partial charge in [-0.1, -0.05) is 63.8 Å². The van der Waals surface area contributed by atoms with E-state index in [2.05, 4.69) is 29.7 Å². The zero-order valence-corrected chi connectivity index (χ0v) is 14.5. The van der Waals surface area contributed by atoms with Gasteiger partial charge in [0.1, 0.15) is 0 Å². The summed E-state index contributed by atoms with van der Waals surface area (Å²) in [7, 11) is 0. The zero-order valence-electron chi connectivity index (χ0n) is 14.5. The van der Waals surface area contributed by atoms with Crippen LogP contribution in [0.4, 0.5) is 0 Å². The lowest BCUT2D eigenvalue weighted by atomic mass is 10.0. The average Bonchev–Trinajstić information content (AvgIpc) is 2.83. The zero-order chi connectivity index (χ0) is 17.4. The number of carbonyl (C=O) groups excluding carboxylic acids is 2. The molecule has 5 nitrogen and oxygen atoms in total. The molecule has 2 N–H and O–H groups in total. The summed E-state index contributed by atoms with van der Waals surface area (Å²) >= 11 is 0. The van der Waals surface area contributed by atoms with Crippen LogP contribution in [0.25, 0.3) is 0 Å². The van der Waals surface area contributed by atoms with Gasteiger partial charge < -0.3 is 5.32 Å². The van der Waals surface area contributed by atoms with Gasteiger partial charge in [0.2, 0.25) is 0 Å². The van der Waals surface area contributed by atoms with Crippen LogP contribution in [0, 0.1) is 0 Å². The molecule has 1 aromatic carbocycles. The molecule has 0 heterocycles. The van der Waals surface area contributed by atoms with E-state index in [0.717, 1.165) is 31.2 Å². The van der Waals surface area contributed by atoms with Crippen molar-refractivity contribution in [2.24, 2.45) is 5.10 Å². The highest BCUT2D eigenvalue weighted by atomic mass is 16.2. The van der Waals surface area contributed by atoms with Crippen molar-refractivity contribution in [1.29, 1.82) is 0 Å². The highest BCUT2D eigenvalue weighted by Crippen LogP contribution is 2.17. The van der Waals surface area contributed by atoms with Crippen molar-refractivity contribution in [2.75, 3.05) is 0 Å². The van der Waals surface area contributed by atoms with Crippen molar-refractivity contribution in [2.45, 2.75) is 64.3 Å². The second-order valence-corrected chi connectivity index (χ2v) is 6.68. The molecule has 0 radical (unpaired) electrons. The maximum Gasteiger partial charge on any atom is 0.329 e. The third-order valence-electron chi connectivity index (χ3n) is 4.38. The molecule has 0 aromatic heterocycles. The van der Waals surface area contributed by atoms with E-state index in [1.54, 1.807) is 6.21 Å². The highest BCUT2D eigenvalue weighted by molar-refractivity contribution is 6.35. The van der Waals surface area contributed by atoms with Gasteiger partial charge in [0.15, 0.2) is 0 Å². The predicted molar refractivity (Wildman–Crippen MR) is 95.9 cm³/mol. The molecule has 0 atom stereocenters. The Balaban J connectivity index is 1.79. The van der Waals surface area contributed by atoms with E-state index in [1.165, 1.54) is 18.4 Å². The molecular weight excluding hydrogens is 302 g/mol. The molecule has 0 unspecified atom stereocenters. The Morgan fingerprint density at radius 3 is 2.25 bits per heavy atom. The largest absolute Gasteiger partial charge is 0.345 e. The maximum absolute atomic E-state index is 11.9. The highest BCUT2D eigenvalue weighted by Gasteiger charge is 2.19. The van der Waals surface area contributed by atoms with Gasteiger partial charge in [0, 0.05) is 6.04 Å². The lowest BCUT2D eigenvalue weighted by Gasteiger charge is -2.14. The fourth-order valence-electron chi connectivity index (χ4n) is 2.86. The Morgan fingerprint density at radius 2 is 1.67 bits per heavy atom. The molecule has 0 spiro atoms. The van der Waals surface area contributed by atoms with Gasteiger partial charge in [-0.25, -0.2) is 5.43 Å². The quantitative estimate of drug-likeness (QED) is 0.386. The standard InChI is InChI=1S/C19H27N3O2/c1-14(2)16-11-9-15(10-12-16)13-20-22-19(24)18(23)21-17-7-5-3-4-6-8-17/h9-14,17H,3-8H2,1-2H3,(H,21,23)(H,22,24)/b20-13-. The predicted octanol–water partition coefficient (Wildman–Crippen LogP) is 3.10. The molecule has 1 aromatic rings. The smallest absolute Gasteiger partial charge is 0.329 e. The van der Waals surface area contributed by atoms with Crippen molar-refractivity contribution in [1.82, 2.24) is 10.7 Å². The summed E-state index contributed by atoms with van der Waals surface area (Å²) in [5.41, 5.74) is 4.42. The van der Waals surface area contributed by atoms with Gasteiger partial charge in [0.05, 0.1) is 6.21 Å². The molecule has 0 bridgehead atoms. The second kappa shape index (κ2) is 9.21. The van der Waals surface area contributed by atoms with Crippen LogP contribution in [0.15, 0.2) is 29.4 Å². The summed E-state index contributed by atoms with van der Waals surface area (Å²) in [5.74, 6) is -0.841. The van der Waals surface area contributed by atoms with Crippen molar-refractivity contribution >= 4 is 18.0 Å². The van der Waals surface area contributed by atoms with Gasteiger partial charge in [0.25, 0.3) is 0 Å². The van der Waals surface area contributed by atoms with E-state index in [9.17, 15) is 9.59 Å². The first-order valence-electron chi connectivity index (χ1n) is 8.80. The van der Waals surface area contributed by atoms with Crippen molar-refractivity contribution in [3.05, 3.63) is 35.4 Å². The van der Waals surface area contributed by atoms with Gasteiger partial charge in [-0.05, 0) is 29.9 Å². The molecular formula is C19H27N3O2. The third kappa shape index (κ3) is 5.80. The number of hydrazone groups is 1. The maximum atomic E-state index is 11.9. The molecule has 24 heavy (non-hydrogen) atoms. The lowest BCUT2D eigenvalue weighted by Crippen LogP contribution is -2.43. The molecule has 1 fully saturated rings. The minimum absolute atomic E-state index is 0.110. The van der Waals surface area contributed by atoms with E-state index in [-0.39, 0.29) is 6.04 Å². The molecule has 1 saturated carbocycles. The third-order valence-corrected chi connectivity index (χ3v) is 4.38. The van der Waals surface area contributed by atoms with Crippen LogP contribution in [0.1, 0.15) is 69.4 Å². The van der Waals surface area contributed by atoms with E-state index in [1.807, 2.05) is 24.3 Å². The van der Waals surface area contributed by atoms with Gasteiger partial charge >= 0.3 is 11.8 Å². The monoisotopic (exact) mass is 329 g/mol. The van der Waals surface area contributed by atoms with Crippen LogP contribution in [0.5, 0.6) is 0 Å². The molecule has 5 heteroatoms. The van der Waals surface area contributed by atoms with Gasteiger partial charge in [-0.2, -0.15) is 5.10 Å². The first kappa shape index (κ1) is 18.2. The normalized spacial score (nSPS) is 16.1. The molecule has 1 aliphatic rings. The first-order chi connectivity index (χ1) is 11.6. The number of hydrogen-bond donors (Lipinski definition) is 2. The summed E-state index contributed by atoms with van der Waals surface area (Å²) in [4.78, 5) is 23.7. The summed E-state index contributed by atoms with van der Waals surface area (Å²) in [6, 6.07) is 8.06. The molecule has 130 valence electrons. The van der Waals surface area contributed by atoms with Crippen LogP contribution < -0.4 is 10.7 Å². The average molecular weight is 329 g/mol. The Bertz CT molecular complexity index is 571. The van der Waals surface area contributed by atoms with Crippen LogP contribution >= 0.6 is 0 Å². The summed E-state index contributed by atoms with van der Waals surface area (Å²) in [6.07, 6.45) is 8.07. The van der Waals surface area contributed by atoms with Crippen molar-refractivity contribution in [3.8, 4) is 0 Å². The van der Waals surface area contributed by atoms with Gasteiger partial charge in [-0.3, -0.25) is 9.59 Å². The van der Waals surface area contributed by atoms with E-state index < -0.39 is 11.8 Å². The van der Waals surface area contributed by atoms with Gasteiger partial charge in [-0.15, -0.1) is 0 Å². The van der Waals surface area contributed by atoms with E-state index in [4.69, 9.17) is 0 Å². The molecule has 0 saturated heterocycles. The topological polar surface area (TPSA) is 70.6 Å². The fourth-order valence-corrected chi connectivity index (χ4v) is 2.86. The number of hydrogen-bond acceptors (Lipinski definition) is 3. The number of nitrogens with one attached hydrogen (secondary N) is 2. The Hall–Kier alpha value is -2.17. The number of rotatable bonds is 4. The van der Waals surface area contributed by atoms with Crippen LogP contribution in [0.2, 0.25) is 0 Å². The molecule has 1 aliphatic carbocycles. The number of amides is 2. The summed E-state index contributed by atoms with van der Waals surface area (Å²) in [6.45, 7) is 4.27. The van der Waals surface area contributed by atoms with Crippen LogP contribution in [-0.4, -0.2) is 24.1 Å². The summed E-state index contributed by atoms with van der Waals surface area (Å²) in [5, 5.41) is 6.67. The van der Waals surface area contributed by atoms with Crippen LogP contribution in [-0.2, 0) is 9.59 Å². The first-order valence-corrected chi connectivity index (χ1v) is 8.80. The number of nitrogens with zero attached hydrogens (tertiary/aromatic N) is 1. The van der Waals surface area contributed by atoms with Crippen molar-refractivity contribution in [3.63, 3.8) is 0 Å². The Morgan fingerprint density at radius 1 is 1.04 bits per heavy atom. The Labute approximate surface area is 143 Å². The Kier molecular flexibility index (Phi) is 6.97. The van der Waals surface area contributed by atoms with Crippen LogP contribution in [0.3, 0.4) is 0 Å². The van der Waals surface area contributed by atoms with E-state index >= 15 is 0 Å². The molecule has 2 amide bonds. The summed E-state index contributed by atoms with van der Waals surface area (Å²) < 4.78 is 0. The minimum Gasteiger partial charge on any atom is -0.345 e. The number of benzene rings is 1. The molecule has 2 rings (SSSR count). The molecule has 0 aliphatic heterocycles. The lowest BCUT2D eigenvalue weighted by molar-refractivity contribution is -0.139. The fraction of sp³-hybridized carbons (Fsp3) is 0.526. The van der Waals surface area contributed by atoms with Crippen molar-refractivity contribution < 1.29 is 9.59 Å². The number of carbonyl (C=O) groups is 2. The SMILES string of the molecule is CC(C)c1ccc(/C=N\NC(=O)C(=O)NC2CCCCCC2)cc1. The minimum atomic E-state index is -0.714.